The van der Waals surface area contributed by atoms with Gasteiger partial charge in [-0.15, -0.1) is 13.2 Å². The van der Waals surface area contributed by atoms with Gasteiger partial charge in [-0.05, 0) is 30.7 Å². The summed E-state index contributed by atoms with van der Waals surface area (Å²) in [5, 5.41) is 5.10. The van der Waals surface area contributed by atoms with Gasteiger partial charge in [-0.2, -0.15) is 0 Å². The van der Waals surface area contributed by atoms with Crippen molar-refractivity contribution in [2.24, 2.45) is 4.99 Å². The molecule has 6 nitrogen and oxygen atoms in total. The Morgan fingerprint density at radius 2 is 2.04 bits per heavy atom. The van der Waals surface area contributed by atoms with Crippen LogP contribution in [0.15, 0.2) is 29.3 Å². The van der Waals surface area contributed by atoms with Crippen LogP contribution in [-0.2, 0) is 9.59 Å². The van der Waals surface area contributed by atoms with Gasteiger partial charge in [0.25, 0.3) is 0 Å². The summed E-state index contributed by atoms with van der Waals surface area (Å²) in [6, 6.07) is 4.77. The summed E-state index contributed by atoms with van der Waals surface area (Å²) in [7, 11) is 0. The van der Waals surface area contributed by atoms with Gasteiger partial charge in [0, 0.05) is 18.7 Å². The number of nitrogens with zero attached hydrogens (tertiary/aromatic N) is 1. The maximum atomic E-state index is 12.1. The van der Waals surface area contributed by atoms with Gasteiger partial charge in [0.2, 0.25) is 11.8 Å². The van der Waals surface area contributed by atoms with Gasteiger partial charge in [0.1, 0.15) is 11.0 Å². The number of hydrogen-bond acceptors (Lipinski definition) is 5. The molecule has 0 bridgehead atoms. The summed E-state index contributed by atoms with van der Waals surface area (Å²) in [6.45, 7) is 2.65. The number of halogens is 3. The molecular formula is C16H18F3N3O3S. The molecule has 0 radical (unpaired) electrons. The lowest BCUT2D eigenvalue weighted by atomic mass is 10.2. The van der Waals surface area contributed by atoms with Gasteiger partial charge in [0.05, 0.1) is 0 Å². The molecule has 10 heteroatoms. The Balaban J connectivity index is 1.85. The van der Waals surface area contributed by atoms with Gasteiger partial charge < -0.3 is 15.4 Å². The fourth-order valence-corrected chi connectivity index (χ4v) is 3.07. The van der Waals surface area contributed by atoms with Crippen LogP contribution in [0.1, 0.15) is 26.2 Å². The van der Waals surface area contributed by atoms with E-state index in [1.54, 1.807) is 0 Å². The molecule has 142 valence electrons. The first-order valence-corrected chi connectivity index (χ1v) is 8.82. The molecule has 0 saturated carbocycles. The van der Waals surface area contributed by atoms with E-state index in [1.807, 2.05) is 6.92 Å². The fraction of sp³-hybridized carbons (Fsp3) is 0.438. The van der Waals surface area contributed by atoms with Gasteiger partial charge in [-0.1, -0.05) is 25.1 Å². The standard InChI is InChI=1S/C16H18F3N3O3S/c1-2-3-8-20-15-22-14(24)12(26-15)9-13(23)21-10-4-6-11(7-5-10)25-16(17,18)19/h4-7,12H,2-3,8-9H2,1H3,(H,21,23)(H,20,22,24)/t12-/m0/s1. The Bertz CT molecular complexity index is 678. The zero-order chi connectivity index (χ0) is 19.2. The van der Waals surface area contributed by atoms with Crippen LogP contribution in [0.5, 0.6) is 5.75 Å². The van der Waals surface area contributed by atoms with E-state index < -0.39 is 17.5 Å². The third-order valence-corrected chi connectivity index (χ3v) is 4.41. The zero-order valence-corrected chi connectivity index (χ0v) is 14.7. The number of thioether (sulfide) groups is 1. The predicted octanol–water partition coefficient (Wildman–Crippen LogP) is 3.30. The number of carbonyl (C=O) groups excluding carboxylic acids is 2. The second-order valence-corrected chi connectivity index (χ2v) is 6.65. The molecule has 1 aliphatic heterocycles. The monoisotopic (exact) mass is 389 g/mol. The number of hydrogen-bond donors (Lipinski definition) is 2. The van der Waals surface area contributed by atoms with Crippen molar-refractivity contribution in [3.05, 3.63) is 24.3 Å². The number of nitrogens with one attached hydrogen (secondary N) is 2. The number of rotatable bonds is 7. The minimum absolute atomic E-state index is 0.0654. The van der Waals surface area contributed by atoms with E-state index >= 15 is 0 Å². The molecule has 1 atom stereocenters. The molecule has 0 aliphatic carbocycles. The number of amides is 2. The Morgan fingerprint density at radius 1 is 1.35 bits per heavy atom. The summed E-state index contributed by atoms with van der Waals surface area (Å²) >= 11 is 1.20. The minimum atomic E-state index is -4.77. The summed E-state index contributed by atoms with van der Waals surface area (Å²) in [6.07, 6.45) is -2.93. The van der Waals surface area contributed by atoms with E-state index in [1.165, 1.54) is 23.9 Å². The summed E-state index contributed by atoms with van der Waals surface area (Å²) in [4.78, 5) is 28.2. The molecule has 26 heavy (non-hydrogen) atoms. The fourth-order valence-electron chi connectivity index (χ4n) is 2.07. The van der Waals surface area contributed by atoms with Crippen molar-refractivity contribution in [3.8, 4) is 5.75 Å². The average Bonchev–Trinajstić information content (AvgIpc) is 2.88. The molecule has 0 unspecified atom stereocenters. The van der Waals surface area contributed by atoms with E-state index in [9.17, 15) is 22.8 Å². The lowest BCUT2D eigenvalue weighted by Gasteiger charge is -2.10. The average molecular weight is 389 g/mol. The number of alkyl halides is 3. The maximum Gasteiger partial charge on any atom is 0.573 e. The second-order valence-electron chi connectivity index (χ2n) is 5.46. The molecular weight excluding hydrogens is 371 g/mol. The highest BCUT2D eigenvalue weighted by Crippen LogP contribution is 2.25. The molecule has 1 saturated heterocycles. The molecule has 0 aromatic heterocycles. The zero-order valence-electron chi connectivity index (χ0n) is 13.9. The lowest BCUT2D eigenvalue weighted by Crippen LogP contribution is -2.28. The first-order chi connectivity index (χ1) is 12.3. The van der Waals surface area contributed by atoms with Crippen molar-refractivity contribution in [2.75, 3.05) is 11.9 Å². The van der Waals surface area contributed by atoms with E-state index in [-0.39, 0.29) is 18.1 Å². The van der Waals surface area contributed by atoms with Crippen molar-refractivity contribution in [1.29, 1.82) is 0 Å². The quantitative estimate of drug-likeness (QED) is 0.702. The first-order valence-electron chi connectivity index (χ1n) is 7.94. The van der Waals surface area contributed by atoms with E-state index in [0.29, 0.717) is 17.4 Å². The van der Waals surface area contributed by atoms with Crippen LogP contribution in [0.4, 0.5) is 18.9 Å². The number of amidine groups is 1. The minimum Gasteiger partial charge on any atom is -0.406 e. The highest BCUT2D eigenvalue weighted by molar-refractivity contribution is 8.15. The molecule has 2 N–H and O–H groups in total. The van der Waals surface area contributed by atoms with Gasteiger partial charge >= 0.3 is 6.36 Å². The van der Waals surface area contributed by atoms with Crippen LogP contribution < -0.4 is 15.4 Å². The van der Waals surface area contributed by atoms with Crippen LogP contribution in [0.3, 0.4) is 0 Å². The normalized spacial score (nSPS) is 18.7. The number of anilines is 1. The third kappa shape index (κ3) is 6.58. The molecule has 1 fully saturated rings. The van der Waals surface area contributed by atoms with Crippen molar-refractivity contribution in [2.45, 2.75) is 37.8 Å². The smallest absolute Gasteiger partial charge is 0.406 e. The van der Waals surface area contributed by atoms with Crippen LogP contribution in [0.2, 0.25) is 0 Å². The first kappa shape index (κ1) is 20.1. The molecule has 1 heterocycles. The molecule has 1 aromatic carbocycles. The highest BCUT2D eigenvalue weighted by atomic mass is 32.2. The maximum absolute atomic E-state index is 12.1. The van der Waals surface area contributed by atoms with Gasteiger partial charge in [-0.25, -0.2) is 0 Å². The third-order valence-electron chi connectivity index (χ3n) is 3.29. The summed E-state index contributed by atoms with van der Waals surface area (Å²) in [5.41, 5.74) is 0.310. The van der Waals surface area contributed by atoms with E-state index in [4.69, 9.17) is 0 Å². The number of benzene rings is 1. The van der Waals surface area contributed by atoms with Crippen LogP contribution in [0.25, 0.3) is 0 Å². The van der Waals surface area contributed by atoms with Crippen LogP contribution >= 0.6 is 11.8 Å². The van der Waals surface area contributed by atoms with Crippen molar-refractivity contribution in [1.82, 2.24) is 5.32 Å². The molecule has 0 spiro atoms. The van der Waals surface area contributed by atoms with Crippen molar-refractivity contribution in [3.63, 3.8) is 0 Å². The predicted molar refractivity (Wildman–Crippen MR) is 93.1 cm³/mol. The second kappa shape index (κ2) is 8.93. The Hall–Kier alpha value is -2.23. The Labute approximate surface area is 152 Å². The topological polar surface area (TPSA) is 79.8 Å². The van der Waals surface area contributed by atoms with Crippen LogP contribution in [0, 0.1) is 0 Å². The largest absolute Gasteiger partial charge is 0.573 e. The molecule has 1 aliphatic rings. The molecule has 1 aromatic rings. The van der Waals surface area contributed by atoms with E-state index in [0.717, 1.165) is 25.0 Å². The van der Waals surface area contributed by atoms with Crippen LogP contribution in [-0.4, -0.2) is 35.1 Å². The highest BCUT2D eigenvalue weighted by Gasteiger charge is 2.32. The Kier molecular flexibility index (Phi) is 6.90. The molecule has 2 amide bonds. The van der Waals surface area contributed by atoms with Gasteiger partial charge in [-0.3, -0.25) is 14.6 Å². The number of carbonyl (C=O) groups is 2. The number of unbranched alkanes of at least 4 members (excludes halogenated alkanes) is 1. The summed E-state index contributed by atoms with van der Waals surface area (Å²) < 4.78 is 40.1. The number of ether oxygens (including phenoxy) is 1. The SMILES string of the molecule is CCCCN=C1NC(=O)[C@H](CC(=O)Nc2ccc(OC(F)(F)F)cc2)S1. The molecule has 2 rings (SSSR count). The van der Waals surface area contributed by atoms with Gasteiger partial charge in [0.15, 0.2) is 5.17 Å². The number of aliphatic imine (C=N–C) groups is 1. The van der Waals surface area contributed by atoms with Crippen molar-refractivity contribution >= 4 is 34.4 Å². The summed E-state index contributed by atoms with van der Waals surface area (Å²) in [5.74, 6) is -1.08. The lowest BCUT2D eigenvalue weighted by molar-refractivity contribution is -0.274. The van der Waals surface area contributed by atoms with Crippen molar-refractivity contribution < 1.29 is 27.5 Å². The van der Waals surface area contributed by atoms with E-state index in [2.05, 4.69) is 20.4 Å². The Morgan fingerprint density at radius 3 is 2.65 bits per heavy atom.